The molecule has 0 fully saturated rings. The van der Waals surface area contributed by atoms with Gasteiger partial charge in [0.15, 0.2) is 5.78 Å². The predicted molar refractivity (Wildman–Crippen MR) is 73.8 cm³/mol. The molecule has 0 heterocycles. The normalized spacial score (nSPS) is 10.3. The summed E-state index contributed by atoms with van der Waals surface area (Å²) in [5, 5.41) is 0.552. The van der Waals surface area contributed by atoms with E-state index in [-0.39, 0.29) is 5.78 Å². The van der Waals surface area contributed by atoms with Crippen molar-refractivity contribution in [2.45, 2.75) is 6.92 Å². The first kappa shape index (κ1) is 12.3. The number of hydrogen-bond donors (Lipinski definition) is 0. The van der Waals surface area contributed by atoms with Gasteiger partial charge in [-0.1, -0.05) is 51.8 Å². The number of hydrogen-bond acceptors (Lipinski definition) is 1. The molecule has 2 aromatic rings. The van der Waals surface area contributed by atoms with Crippen molar-refractivity contribution in [3.8, 4) is 0 Å². The van der Waals surface area contributed by atoms with E-state index in [4.69, 9.17) is 11.6 Å². The van der Waals surface area contributed by atoms with Crippen molar-refractivity contribution in [2.24, 2.45) is 0 Å². The Kier molecular flexibility index (Phi) is 3.65. The largest absolute Gasteiger partial charge is 0.289 e. The molecule has 0 N–H and O–H groups in total. The third-order valence-electron chi connectivity index (χ3n) is 2.51. The summed E-state index contributed by atoms with van der Waals surface area (Å²) in [7, 11) is 0. The molecule has 0 atom stereocenters. The molecule has 17 heavy (non-hydrogen) atoms. The maximum atomic E-state index is 12.3. The summed E-state index contributed by atoms with van der Waals surface area (Å²) in [5.74, 6) is -0.00806. The van der Waals surface area contributed by atoms with Gasteiger partial charge >= 0.3 is 0 Å². The molecule has 0 bridgehead atoms. The Morgan fingerprint density at radius 3 is 2.53 bits per heavy atom. The third kappa shape index (κ3) is 2.76. The van der Waals surface area contributed by atoms with Gasteiger partial charge < -0.3 is 0 Å². The monoisotopic (exact) mass is 308 g/mol. The molecule has 0 unspecified atom stereocenters. The molecule has 2 rings (SSSR count). The quantitative estimate of drug-likeness (QED) is 0.738. The van der Waals surface area contributed by atoms with E-state index in [1.807, 2.05) is 31.2 Å². The molecule has 0 saturated carbocycles. The predicted octanol–water partition coefficient (Wildman–Crippen LogP) is 4.64. The maximum Gasteiger partial charge on any atom is 0.193 e. The van der Waals surface area contributed by atoms with Crippen LogP contribution in [-0.2, 0) is 0 Å². The summed E-state index contributed by atoms with van der Waals surface area (Å²) < 4.78 is 0.807. The minimum absolute atomic E-state index is 0.00806. The van der Waals surface area contributed by atoms with E-state index in [0.717, 1.165) is 10.0 Å². The fourth-order valence-electron chi connectivity index (χ4n) is 1.67. The van der Waals surface area contributed by atoms with Crippen molar-refractivity contribution < 1.29 is 4.79 Å². The van der Waals surface area contributed by atoms with Crippen LogP contribution >= 0.6 is 27.5 Å². The van der Waals surface area contributed by atoms with Crippen LogP contribution in [0.25, 0.3) is 0 Å². The van der Waals surface area contributed by atoms with Gasteiger partial charge in [0.1, 0.15) is 0 Å². The SMILES string of the molecule is Cc1ccccc1C(=O)c1cc(Cl)cc(Br)c1. The van der Waals surface area contributed by atoms with Crippen molar-refractivity contribution in [1.82, 2.24) is 0 Å². The van der Waals surface area contributed by atoms with Crippen LogP contribution in [0.4, 0.5) is 0 Å². The van der Waals surface area contributed by atoms with Crippen LogP contribution in [0.3, 0.4) is 0 Å². The fraction of sp³-hybridized carbons (Fsp3) is 0.0714. The van der Waals surface area contributed by atoms with Crippen molar-refractivity contribution in [1.29, 1.82) is 0 Å². The average Bonchev–Trinajstić information content (AvgIpc) is 2.27. The first-order valence-electron chi connectivity index (χ1n) is 5.14. The van der Waals surface area contributed by atoms with Gasteiger partial charge in [-0.3, -0.25) is 4.79 Å². The van der Waals surface area contributed by atoms with Crippen LogP contribution in [-0.4, -0.2) is 5.78 Å². The van der Waals surface area contributed by atoms with Crippen molar-refractivity contribution in [3.63, 3.8) is 0 Å². The first-order valence-corrected chi connectivity index (χ1v) is 6.31. The van der Waals surface area contributed by atoms with E-state index in [1.54, 1.807) is 18.2 Å². The minimum Gasteiger partial charge on any atom is -0.289 e. The van der Waals surface area contributed by atoms with E-state index in [2.05, 4.69) is 15.9 Å². The standard InChI is InChI=1S/C14H10BrClO/c1-9-4-2-3-5-13(9)14(17)10-6-11(15)8-12(16)7-10/h2-8H,1H3. The third-order valence-corrected chi connectivity index (χ3v) is 3.19. The number of carbonyl (C=O) groups excluding carboxylic acids is 1. The second-order valence-electron chi connectivity index (χ2n) is 3.80. The van der Waals surface area contributed by atoms with Crippen molar-refractivity contribution in [3.05, 3.63) is 68.7 Å². The summed E-state index contributed by atoms with van der Waals surface area (Å²) in [6.45, 7) is 1.92. The van der Waals surface area contributed by atoms with Gasteiger partial charge in [0.05, 0.1) is 0 Å². The fourth-order valence-corrected chi connectivity index (χ4v) is 2.53. The summed E-state index contributed by atoms with van der Waals surface area (Å²) in [4.78, 5) is 12.3. The molecular weight excluding hydrogens is 300 g/mol. The Morgan fingerprint density at radius 2 is 1.88 bits per heavy atom. The lowest BCUT2D eigenvalue weighted by molar-refractivity contribution is 0.103. The lowest BCUT2D eigenvalue weighted by atomic mass is 9.99. The number of carbonyl (C=O) groups is 1. The molecule has 2 aromatic carbocycles. The minimum atomic E-state index is -0.00806. The lowest BCUT2D eigenvalue weighted by Crippen LogP contribution is -2.03. The summed E-state index contributed by atoms with van der Waals surface area (Å²) in [5.41, 5.74) is 2.27. The van der Waals surface area contributed by atoms with Crippen LogP contribution in [0.15, 0.2) is 46.9 Å². The van der Waals surface area contributed by atoms with Gasteiger partial charge in [-0.2, -0.15) is 0 Å². The molecule has 0 aromatic heterocycles. The van der Waals surface area contributed by atoms with Crippen LogP contribution in [0.2, 0.25) is 5.02 Å². The Bertz CT molecular complexity index is 558. The van der Waals surface area contributed by atoms with Crippen LogP contribution < -0.4 is 0 Å². The summed E-state index contributed by atoms with van der Waals surface area (Å²) >= 11 is 9.27. The Morgan fingerprint density at radius 1 is 1.18 bits per heavy atom. The molecule has 3 heteroatoms. The zero-order valence-electron chi connectivity index (χ0n) is 9.21. The molecule has 86 valence electrons. The molecule has 0 aliphatic heterocycles. The van der Waals surface area contributed by atoms with E-state index in [1.165, 1.54) is 0 Å². The highest BCUT2D eigenvalue weighted by molar-refractivity contribution is 9.10. The number of benzene rings is 2. The first-order chi connectivity index (χ1) is 8.08. The smallest absolute Gasteiger partial charge is 0.193 e. The second kappa shape index (κ2) is 5.03. The van der Waals surface area contributed by atoms with Crippen LogP contribution in [0, 0.1) is 6.92 Å². The lowest BCUT2D eigenvalue weighted by Gasteiger charge is -2.05. The Balaban J connectivity index is 2.48. The molecule has 0 aliphatic carbocycles. The van der Waals surface area contributed by atoms with Crippen molar-refractivity contribution in [2.75, 3.05) is 0 Å². The molecule has 0 aliphatic rings. The Labute approximate surface area is 114 Å². The average molecular weight is 310 g/mol. The molecule has 1 nitrogen and oxygen atoms in total. The summed E-state index contributed by atoms with van der Waals surface area (Å²) in [6, 6.07) is 12.7. The topological polar surface area (TPSA) is 17.1 Å². The number of aryl methyl sites for hydroxylation is 1. The van der Waals surface area contributed by atoms with Gasteiger partial charge in [-0.05, 0) is 30.7 Å². The molecule has 0 radical (unpaired) electrons. The van der Waals surface area contributed by atoms with Gasteiger partial charge in [-0.15, -0.1) is 0 Å². The highest BCUT2D eigenvalue weighted by Crippen LogP contribution is 2.22. The Hall–Kier alpha value is -1.12. The van der Waals surface area contributed by atoms with E-state index >= 15 is 0 Å². The highest BCUT2D eigenvalue weighted by Gasteiger charge is 2.12. The summed E-state index contributed by atoms with van der Waals surface area (Å²) in [6.07, 6.45) is 0. The van der Waals surface area contributed by atoms with E-state index in [9.17, 15) is 4.79 Å². The maximum absolute atomic E-state index is 12.3. The van der Waals surface area contributed by atoms with Crippen LogP contribution in [0.5, 0.6) is 0 Å². The highest BCUT2D eigenvalue weighted by atomic mass is 79.9. The van der Waals surface area contributed by atoms with Gasteiger partial charge in [0.25, 0.3) is 0 Å². The second-order valence-corrected chi connectivity index (χ2v) is 5.15. The number of halogens is 2. The van der Waals surface area contributed by atoms with Gasteiger partial charge in [0.2, 0.25) is 0 Å². The van der Waals surface area contributed by atoms with E-state index in [0.29, 0.717) is 16.1 Å². The zero-order valence-corrected chi connectivity index (χ0v) is 11.5. The zero-order chi connectivity index (χ0) is 12.4. The van der Waals surface area contributed by atoms with Crippen LogP contribution in [0.1, 0.15) is 21.5 Å². The van der Waals surface area contributed by atoms with Crippen molar-refractivity contribution >= 4 is 33.3 Å². The number of ketones is 1. The molecule has 0 saturated heterocycles. The number of rotatable bonds is 2. The molecular formula is C14H10BrClO. The van der Waals surface area contributed by atoms with E-state index < -0.39 is 0 Å². The van der Waals surface area contributed by atoms with Gasteiger partial charge in [0, 0.05) is 20.6 Å². The molecule has 0 spiro atoms. The van der Waals surface area contributed by atoms with Gasteiger partial charge in [-0.25, -0.2) is 0 Å². The molecule has 0 amide bonds.